The first kappa shape index (κ1) is 21.4. The van der Waals surface area contributed by atoms with Gasteiger partial charge in [-0.05, 0) is 42.0 Å². The molecule has 7 heteroatoms. The van der Waals surface area contributed by atoms with Crippen molar-refractivity contribution in [3.05, 3.63) is 58.6 Å². The average Bonchev–Trinajstić information content (AvgIpc) is 2.59. The SMILES string of the molecule is COCCNCC(=O)Nc1ccc(COc2ccc(Br)cc2)cc1.Cl. The Bertz CT molecular complexity index is 636. The molecule has 0 saturated carbocycles. The van der Waals surface area contributed by atoms with Crippen molar-refractivity contribution >= 4 is 39.9 Å². The van der Waals surface area contributed by atoms with Gasteiger partial charge < -0.3 is 20.1 Å². The molecule has 0 spiro atoms. The molecule has 2 rings (SSSR count). The topological polar surface area (TPSA) is 59.6 Å². The molecular weight excluding hydrogens is 408 g/mol. The lowest BCUT2D eigenvalue weighted by molar-refractivity contribution is -0.115. The molecule has 0 atom stereocenters. The number of carbonyl (C=O) groups excluding carboxylic acids is 1. The second kappa shape index (κ2) is 11.9. The summed E-state index contributed by atoms with van der Waals surface area (Å²) in [5.41, 5.74) is 1.80. The first-order chi connectivity index (χ1) is 11.7. The van der Waals surface area contributed by atoms with E-state index in [4.69, 9.17) is 9.47 Å². The number of rotatable bonds is 9. The van der Waals surface area contributed by atoms with E-state index in [9.17, 15) is 4.79 Å². The quantitative estimate of drug-likeness (QED) is 0.598. The lowest BCUT2D eigenvalue weighted by Crippen LogP contribution is -2.30. The highest BCUT2D eigenvalue weighted by Gasteiger charge is 2.02. The molecule has 0 radical (unpaired) electrons. The smallest absolute Gasteiger partial charge is 0.238 e. The Morgan fingerprint density at radius 2 is 1.76 bits per heavy atom. The van der Waals surface area contributed by atoms with E-state index in [1.165, 1.54) is 0 Å². The summed E-state index contributed by atoms with van der Waals surface area (Å²) in [4.78, 5) is 11.8. The molecule has 0 aliphatic heterocycles. The second-order valence-electron chi connectivity index (χ2n) is 5.16. The van der Waals surface area contributed by atoms with E-state index in [0.29, 0.717) is 19.8 Å². The summed E-state index contributed by atoms with van der Waals surface area (Å²) in [6.45, 7) is 1.98. The molecule has 0 heterocycles. The molecule has 0 fully saturated rings. The van der Waals surface area contributed by atoms with Gasteiger partial charge in [-0.3, -0.25) is 4.79 Å². The molecule has 2 aromatic carbocycles. The molecule has 5 nitrogen and oxygen atoms in total. The van der Waals surface area contributed by atoms with Crippen LogP contribution in [-0.2, 0) is 16.1 Å². The van der Waals surface area contributed by atoms with E-state index in [-0.39, 0.29) is 24.9 Å². The fourth-order valence-electron chi connectivity index (χ4n) is 1.96. The van der Waals surface area contributed by atoms with Crippen molar-refractivity contribution in [3.8, 4) is 5.75 Å². The molecule has 0 aliphatic carbocycles. The minimum Gasteiger partial charge on any atom is -0.489 e. The number of nitrogens with one attached hydrogen (secondary N) is 2. The number of ether oxygens (including phenoxy) is 2. The lowest BCUT2D eigenvalue weighted by atomic mass is 10.2. The number of halogens is 2. The van der Waals surface area contributed by atoms with Gasteiger partial charge in [-0.2, -0.15) is 0 Å². The summed E-state index contributed by atoms with van der Waals surface area (Å²) < 4.78 is 11.6. The van der Waals surface area contributed by atoms with Crippen LogP contribution in [0.15, 0.2) is 53.0 Å². The maximum absolute atomic E-state index is 11.8. The molecule has 0 bridgehead atoms. The normalized spacial score (nSPS) is 10.0. The van der Waals surface area contributed by atoms with Gasteiger partial charge in [-0.25, -0.2) is 0 Å². The molecule has 2 aromatic rings. The van der Waals surface area contributed by atoms with Gasteiger partial charge in [0.2, 0.25) is 5.91 Å². The molecule has 0 saturated heterocycles. The second-order valence-corrected chi connectivity index (χ2v) is 6.07. The maximum atomic E-state index is 11.8. The summed E-state index contributed by atoms with van der Waals surface area (Å²) in [6.07, 6.45) is 0. The summed E-state index contributed by atoms with van der Waals surface area (Å²) >= 11 is 3.39. The number of benzene rings is 2. The van der Waals surface area contributed by atoms with Gasteiger partial charge in [0.15, 0.2) is 0 Å². The number of hydrogen-bond acceptors (Lipinski definition) is 4. The molecule has 136 valence electrons. The third-order valence-electron chi connectivity index (χ3n) is 3.23. The van der Waals surface area contributed by atoms with Gasteiger partial charge in [0, 0.05) is 23.8 Å². The summed E-state index contributed by atoms with van der Waals surface area (Å²) in [5.74, 6) is 0.739. The minimum atomic E-state index is -0.0787. The number of methoxy groups -OCH3 is 1. The first-order valence-electron chi connectivity index (χ1n) is 7.64. The van der Waals surface area contributed by atoms with E-state index in [2.05, 4.69) is 26.6 Å². The van der Waals surface area contributed by atoms with Crippen LogP contribution in [0.2, 0.25) is 0 Å². The fraction of sp³-hybridized carbons (Fsp3) is 0.278. The molecule has 2 N–H and O–H groups in total. The molecule has 0 aromatic heterocycles. The Morgan fingerprint density at radius 1 is 1.08 bits per heavy atom. The average molecular weight is 430 g/mol. The first-order valence-corrected chi connectivity index (χ1v) is 8.43. The van der Waals surface area contributed by atoms with Gasteiger partial charge >= 0.3 is 0 Å². The van der Waals surface area contributed by atoms with Gasteiger partial charge in [0.1, 0.15) is 12.4 Å². The highest BCUT2D eigenvalue weighted by atomic mass is 79.9. The molecule has 0 aliphatic rings. The van der Waals surface area contributed by atoms with Crippen LogP contribution in [0.4, 0.5) is 5.69 Å². The van der Waals surface area contributed by atoms with Crippen molar-refractivity contribution in [2.45, 2.75) is 6.61 Å². The van der Waals surface area contributed by atoms with E-state index in [0.717, 1.165) is 21.5 Å². The van der Waals surface area contributed by atoms with Crippen molar-refractivity contribution in [3.63, 3.8) is 0 Å². The largest absolute Gasteiger partial charge is 0.489 e. The standard InChI is InChI=1S/C18H21BrN2O3.ClH/c1-23-11-10-20-12-18(22)21-16-6-2-14(3-7-16)13-24-17-8-4-15(19)5-9-17;/h2-9,20H,10-13H2,1H3,(H,21,22);1H. The fourth-order valence-corrected chi connectivity index (χ4v) is 2.23. The van der Waals surface area contributed by atoms with Crippen LogP contribution in [0, 0.1) is 0 Å². The minimum absolute atomic E-state index is 0. The Balaban J connectivity index is 0.00000312. The highest BCUT2D eigenvalue weighted by Crippen LogP contribution is 2.18. The Morgan fingerprint density at radius 3 is 2.40 bits per heavy atom. The van der Waals surface area contributed by atoms with Crippen LogP contribution in [0.5, 0.6) is 5.75 Å². The van der Waals surface area contributed by atoms with Crippen LogP contribution >= 0.6 is 28.3 Å². The zero-order valence-electron chi connectivity index (χ0n) is 14.0. The maximum Gasteiger partial charge on any atom is 0.238 e. The Labute approximate surface area is 162 Å². The van der Waals surface area contributed by atoms with Crippen LogP contribution in [-0.4, -0.2) is 32.7 Å². The Hall–Kier alpha value is -1.60. The molecule has 25 heavy (non-hydrogen) atoms. The van der Waals surface area contributed by atoms with Crippen molar-refractivity contribution in [1.29, 1.82) is 0 Å². The van der Waals surface area contributed by atoms with Gasteiger partial charge in [0.25, 0.3) is 0 Å². The number of carbonyl (C=O) groups is 1. The van der Waals surface area contributed by atoms with Gasteiger partial charge in [-0.1, -0.05) is 28.1 Å². The van der Waals surface area contributed by atoms with E-state index < -0.39 is 0 Å². The van der Waals surface area contributed by atoms with Crippen LogP contribution in [0.3, 0.4) is 0 Å². The molecule has 1 amide bonds. The zero-order chi connectivity index (χ0) is 17.2. The summed E-state index contributed by atoms with van der Waals surface area (Å²) in [6, 6.07) is 15.3. The third kappa shape index (κ3) is 8.36. The van der Waals surface area contributed by atoms with Crippen molar-refractivity contribution in [2.24, 2.45) is 0 Å². The monoisotopic (exact) mass is 428 g/mol. The molecular formula is C18H22BrClN2O3. The summed E-state index contributed by atoms with van der Waals surface area (Å²) in [7, 11) is 1.63. The van der Waals surface area contributed by atoms with Crippen molar-refractivity contribution in [1.82, 2.24) is 5.32 Å². The van der Waals surface area contributed by atoms with E-state index in [1.807, 2.05) is 48.5 Å². The third-order valence-corrected chi connectivity index (χ3v) is 3.75. The molecule has 0 unspecified atom stereocenters. The van der Waals surface area contributed by atoms with E-state index in [1.54, 1.807) is 7.11 Å². The summed E-state index contributed by atoms with van der Waals surface area (Å²) in [5, 5.41) is 5.84. The predicted octanol–water partition coefficient (Wildman–Crippen LogP) is 3.62. The highest BCUT2D eigenvalue weighted by molar-refractivity contribution is 9.10. The number of amides is 1. The van der Waals surface area contributed by atoms with Crippen LogP contribution < -0.4 is 15.4 Å². The van der Waals surface area contributed by atoms with Crippen molar-refractivity contribution in [2.75, 3.05) is 32.1 Å². The van der Waals surface area contributed by atoms with Gasteiger partial charge in [-0.15, -0.1) is 12.4 Å². The van der Waals surface area contributed by atoms with E-state index >= 15 is 0 Å². The number of hydrogen-bond donors (Lipinski definition) is 2. The predicted molar refractivity (Wildman–Crippen MR) is 106 cm³/mol. The Kier molecular flexibility index (Phi) is 10.2. The van der Waals surface area contributed by atoms with Crippen molar-refractivity contribution < 1.29 is 14.3 Å². The van der Waals surface area contributed by atoms with Crippen LogP contribution in [0.1, 0.15) is 5.56 Å². The lowest BCUT2D eigenvalue weighted by Gasteiger charge is -2.09. The van der Waals surface area contributed by atoms with Gasteiger partial charge in [0.05, 0.1) is 13.2 Å². The zero-order valence-corrected chi connectivity index (χ0v) is 16.4. The van der Waals surface area contributed by atoms with Crippen LogP contribution in [0.25, 0.3) is 0 Å². The number of anilines is 1.